The molecule has 0 atom stereocenters. The molecule has 2 aromatic heterocycles. The molecule has 0 saturated carbocycles. The molecule has 3 aromatic rings. The van der Waals surface area contributed by atoms with Crippen molar-refractivity contribution in [3.8, 4) is 0 Å². The molecule has 8 heteroatoms. The lowest BCUT2D eigenvalue weighted by Crippen LogP contribution is -2.27. The van der Waals surface area contributed by atoms with Crippen LogP contribution in [0.2, 0.25) is 5.02 Å². The molecule has 0 unspecified atom stereocenters. The van der Waals surface area contributed by atoms with E-state index in [0.29, 0.717) is 38.4 Å². The fourth-order valence-electron chi connectivity index (χ4n) is 3.25. The van der Waals surface area contributed by atoms with Gasteiger partial charge in [0.05, 0.1) is 12.2 Å². The van der Waals surface area contributed by atoms with Crippen molar-refractivity contribution in [2.45, 2.75) is 39.8 Å². The first-order valence-electron chi connectivity index (χ1n) is 9.97. The zero-order chi connectivity index (χ0) is 21.5. The molecule has 0 fully saturated rings. The number of aryl methyl sites for hydroxylation is 1. The molecule has 1 amide bonds. The number of amides is 1. The van der Waals surface area contributed by atoms with Crippen molar-refractivity contribution in [3.05, 3.63) is 70.3 Å². The number of rotatable bonds is 9. The van der Waals surface area contributed by atoms with Crippen LogP contribution in [0, 0.1) is 13.8 Å². The van der Waals surface area contributed by atoms with Crippen molar-refractivity contribution in [1.29, 1.82) is 0 Å². The number of carbonyl (C=O) groups excluding carboxylic acids is 1. The average molecular weight is 427 g/mol. The van der Waals surface area contributed by atoms with E-state index in [-0.39, 0.29) is 5.91 Å². The van der Waals surface area contributed by atoms with E-state index in [4.69, 9.17) is 11.6 Å². The minimum absolute atomic E-state index is 0.100. The molecule has 0 aliphatic rings. The predicted octanol–water partition coefficient (Wildman–Crippen LogP) is 3.84. The minimum Gasteiger partial charge on any atom is -0.354 e. The lowest BCUT2D eigenvalue weighted by molar-refractivity contribution is -0.130. The van der Waals surface area contributed by atoms with Crippen molar-refractivity contribution in [2.75, 3.05) is 18.9 Å². The summed E-state index contributed by atoms with van der Waals surface area (Å²) in [4.78, 5) is 22.5. The van der Waals surface area contributed by atoms with E-state index in [1.54, 1.807) is 23.4 Å². The molecule has 3 rings (SSSR count). The Hall–Kier alpha value is -2.93. The summed E-state index contributed by atoms with van der Waals surface area (Å²) in [5.74, 6) is 0.680. The van der Waals surface area contributed by atoms with E-state index in [1.807, 2.05) is 49.8 Å². The van der Waals surface area contributed by atoms with E-state index in [2.05, 4.69) is 20.4 Å². The maximum Gasteiger partial charge on any atom is 0.222 e. The van der Waals surface area contributed by atoms with Crippen LogP contribution in [-0.4, -0.2) is 44.1 Å². The van der Waals surface area contributed by atoms with Crippen molar-refractivity contribution in [2.24, 2.45) is 0 Å². The molecule has 30 heavy (non-hydrogen) atoms. The highest BCUT2D eigenvalue weighted by Crippen LogP contribution is 2.20. The number of hydrogen-bond acceptors (Lipinski definition) is 5. The number of carbonyl (C=O) groups is 1. The second-order valence-corrected chi connectivity index (χ2v) is 7.66. The summed E-state index contributed by atoms with van der Waals surface area (Å²) < 4.78 is 1.95. The van der Waals surface area contributed by atoms with Crippen LogP contribution in [0.15, 0.2) is 42.7 Å². The number of nitrogens with zero attached hydrogens (tertiary/aromatic N) is 5. The quantitative estimate of drug-likeness (QED) is 0.526. The Morgan fingerprint density at radius 3 is 2.63 bits per heavy atom. The fraction of sp³-hybridized carbons (Fsp3) is 0.364. The minimum atomic E-state index is 0.100. The molecule has 158 valence electrons. The fourth-order valence-corrected chi connectivity index (χ4v) is 3.45. The van der Waals surface area contributed by atoms with Crippen molar-refractivity contribution in [3.63, 3.8) is 0 Å². The summed E-state index contributed by atoms with van der Waals surface area (Å²) in [6.45, 7) is 5.81. The topological polar surface area (TPSA) is 75.9 Å². The maximum atomic E-state index is 12.5. The third kappa shape index (κ3) is 5.57. The molecule has 7 nitrogen and oxygen atoms in total. The van der Waals surface area contributed by atoms with Gasteiger partial charge in [0.15, 0.2) is 0 Å². The van der Waals surface area contributed by atoms with Crippen LogP contribution in [0.5, 0.6) is 0 Å². The molecule has 0 saturated heterocycles. The van der Waals surface area contributed by atoms with Crippen LogP contribution < -0.4 is 5.32 Å². The maximum absolute atomic E-state index is 12.5. The van der Waals surface area contributed by atoms with Gasteiger partial charge in [-0.3, -0.25) is 9.48 Å². The van der Waals surface area contributed by atoms with E-state index < -0.39 is 0 Å². The van der Waals surface area contributed by atoms with E-state index in [0.717, 1.165) is 27.5 Å². The van der Waals surface area contributed by atoms with Crippen molar-refractivity contribution < 1.29 is 4.79 Å². The third-order valence-electron chi connectivity index (χ3n) is 5.05. The van der Waals surface area contributed by atoms with Gasteiger partial charge < -0.3 is 10.2 Å². The van der Waals surface area contributed by atoms with Gasteiger partial charge in [-0.2, -0.15) is 5.10 Å². The lowest BCUT2D eigenvalue weighted by Gasteiger charge is -2.18. The van der Waals surface area contributed by atoms with Gasteiger partial charge in [0.2, 0.25) is 11.9 Å². The van der Waals surface area contributed by atoms with E-state index >= 15 is 0 Å². The van der Waals surface area contributed by atoms with Crippen LogP contribution in [0.3, 0.4) is 0 Å². The number of benzene rings is 1. The Kier molecular flexibility index (Phi) is 7.41. The first kappa shape index (κ1) is 21.8. The summed E-state index contributed by atoms with van der Waals surface area (Å²) in [6.07, 6.45) is 4.54. The smallest absolute Gasteiger partial charge is 0.222 e. The van der Waals surface area contributed by atoms with Gasteiger partial charge >= 0.3 is 0 Å². The molecule has 1 N–H and O–H groups in total. The number of nitrogens with one attached hydrogen (secondary N) is 1. The molecule has 0 radical (unpaired) electrons. The van der Waals surface area contributed by atoms with Gasteiger partial charge in [-0.05, 0) is 38.0 Å². The summed E-state index contributed by atoms with van der Waals surface area (Å²) in [7, 11) is 1.83. The first-order chi connectivity index (χ1) is 14.5. The number of hydrogen-bond donors (Lipinski definition) is 1. The molecule has 0 aliphatic heterocycles. The Balaban J connectivity index is 1.54. The SMILES string of the molecule is Cc1nn(Cc2ccccc2Cl)c(C)c1CN(C)C(=O)CCCNc1ncccn1. The Morgan fingerprint density at radius 1 is 1.17 bits per heavy atom. The van der Waals surface area contributed by atoms with Gasteiger partial charge in [-0.15, -0.1) is 0 Å². The van der Waals surface area contributed by atoms with Crippen LogP contribution in [0.1, 0.15) is 35.4 Å². The average Bonchev–Trinajstić information content (AvgIpc) is 3.00. The molecule has 0 spiro atoms. The van der Waals surface area contributed by atoms with Crippen LogP contribution in [-0.2, 0) is 17.9 Å². The summed E-state index contributed by atoms with van der Waals surface area (Å²) in [5, 5.41) is 8.51. The normalized spacial score (nSPS) is 10.8. The third-order valence-corrected chi connectivity index (χ3v) is 5.42. The largest absolute Gasteiger partial charge is 0.354 e. The van der Waals surface area contributed by atoms with Crippen molar-refractivity contribution in [1.82, 2.24) is 24.6 Å². The van der Waals surface area contributed by atoms with Crippen molar-refractivity contribution >= 4 is 23.5 Å². The summed E-state index contributed by atoms with van der Waals surface area (Å²) >= 11 is 6.29. The highest BCUT2D eigenvalue weighted by Gasteiger charge is 2.17. The molecular formula is C22H27ClN6O. The molecular weight excluding hydrogens is 400 g/mol. The molecule has 1 aromatic carbocycles. The van der Waals surface area contributed by atoms with E-state index in [1.165, 1.54) is 0 Å². The zero-order valence-corrected chi connectivity index (χ0v) is 18.4. The first-order valence-corrected chi connectivity index (χ1v) is 10.3. The van der Waals surface area contributed by atoms with E-state index in [9.17, 15) is 4.79 Å². The van der Waals surface area contributed by atoms with Crippen LogP contribution >= 0.6 is 11.6 Å². The highest BCUT2D eigenvalue weighted by atomic mass is 35.5. The second kappa shape index (κ2) is 10.2. The molecule has 0 aliphatic carbocycles. The lowest BCUT2D eigenvalue weighted by atomic mass is 10.1. The Morgan fingerprint density at radius 2 is 1.90 bits per heavy atom. The number of halogens is 1. The van der Waals surface area contributed by atoms with Crippen LogP contribution in [0.25, 0.3) is 0 Å². The molecule has 2 heterocycles. The monoisotopic (exact) mass is 426 g/mol. The van der Waals surface area contributed by atoms with Gasteiger partial charge in [-0.25, -0.2) is 9.97 Å². The zero-order valence-electron chi connectivity index (χ0n) is 17.6. The Bertz CT molecular complexity index is 989. The molecule has 0 bridgehead atoms. The van der Waals surface area contributed by atoms with Gasteiger partial charge in [0, 0.05) is 55.2 Å². The van der Waals surface area contributed by atoms with Gasteiger partial charge in [0.1, 0.15) is 0 Å². The van der Waals surface area contributed by atoms with Gasteiger partial charge in [0.25, 0.3) is 0 Å². The predicted molar refractivity (Wildman–Crippen MR) is 118 cm³/mol. The summed E-state index contributed by atoms with van der Waals surface area (Å²) in [6, 6.07) is 9.54. The Labute approximate surface area is 182 Å². The highest BCUT2D eigenvalue weighted by molar-refractivity contribution is 6.31. The van der Waals surface area contributed by atoms with Gasteiger partial charge in [-0.1, -0.05) is 29.8 Å². The number of anilines is 1. The van der Waals surface area contributed by atoms with Crippen LogP contribution in [0.4, 0.5) is 5.95 Å². The standard InChI is InChI=1S/C22H27ClN6O/c1-16-19(17(2)29(27-16)14-18-8-4-5-9-20(18)23)15-28(3)21(30)10-6-11-24-22-25-12-7-13-26-22/h4-5,7-9,12-13H,6,10-11,14-15H2,1-3H3,(H,24,25,26). The number of aromatic nitrogens is 4. The summed E-state index contributed by atoms with van der Waals surface area (Å²) in [5.41, 5.74) is 4.08. The second-order valence-electron chi connectivity index (χ2n) is 7.25.